The van der Waals surface area contributed by atoms with E-state index in [0.29, 0.717) is 17.7 Å². The smallest absolute Gasteiger partial charge is 0.168 e. The molecule has 3 nitrogen and oxygen atoms in total. The van der Waals surface area contributed by atoms with Gasteiger partial charge in [0.05, 0.1) is 12.0 Å². The number of nitrogens with one attached hydrogen (secondary N) is 1. The molecular weight excluding hydrogens is 182 g/mol. The molecule has 1 atom stereocenters. The van der Waals surface area contributed by atoms with Crippen molar-refractivity contribution in [2.45, 2.75) is 26.8 Å². The minimum atomic E-state index is 0.0110. The number of nitrogens with zero attached hydrogens (tertiary/aromatic N) is 2. The standard InChI is InChI=1S/C9H17N3S/c1-7(2)11-9(13)12(4)6-8(3)5-10/h7-8H,6H2,1-4H3,(H,11,13). The summed E-state index contributed by atoms with van der Waals surface area (Å²) < 4.78 is 0. The Morgan fingerprint density at radius 3 is 2.46 bits per heavy atom. The van der Waals surface area contributed by atoms with Gasteiger partial charge >= 0.3 is 0 Å². The number of hydrogen-bond acceptors (Lipinski definition) is 2. The Labute approximate surface area is 85.7 Å². The summed E-state index contributed by atoms with van der Waals surface area (Å²) in [6.07, 6.45) is 0. The second-order valence-electron chi connectivity index (χ2n) is 3.51. The van der Waals surface area contributed by atoms with Gasteiger partial charge in [0.15, 0.2) is 5.11 Å². The van der Waals surface area contributed by atoms with Crippen molar-refractivity contribution < 1.29 is 0 Å². The Morgan fingerprint density at radius 1 is 1.54 bits per heavy atom. The third kappa shape index (κ3) is 5.42. The predicted octanol–water partition coefficient (Wildman–Crippen LogP) is 1.36. The predicted molar refractivity (Wildman–Crippen MR) is 58.3 cm³/mol. The third-order valence-corrected chi connectivity index (χ3v) is 1.96. The highest BCUT2D eigenvalue weighted by molar-refractivity contribution is 7.80. The summed E-state index contributed by atoms with van der Waals surface area (Å²) in [5.41, 5.74) is 0. The molecule has 74 valence electrons. The minimum absolute atomic E-state index is 0.0110. The molecule has 0 amide bonds. The SMILES string of the molecule is CC(C#N)CN(C)C(=S)NC(C)C. The maximum absolute atomic E-state index is 8.61. The molecule has 0 aromatic carbocycles. The van der Waals surface area contributed by atoms with Crippen LogP contribution in [0.4, 0.5) is 0 Å². The van der Waals surface area contributed by atoms with Crippen LogP contribution in [0.15, 0.2) is 0 Å². The van der Waals surface area contributed by atoms with Gasteiger partial charge in [-0.2, -0.15) is 5.26 Å². The van der Waals surface area contributed by atoms with E-state index in [2.05, 4.69) is 11.4 Å². The summed E-state index contributed by atoms with van der Waals surface area (Å²) in [6.45, 7) is 6.63. The molecule has 13 heavy (non-hydrogen) atoms. The van der Waals surface area contributed by atoms with E-state index in [9.17, 15) is 0 Å². The summed E-state index contributed by atoms with van der Waals surface area (Å²) in [5, 5.41) is 12.4. The van der Waals surface area contributed by atoms with Crippen LogP contribution in [-0.2, 0) is 0 Å². The van der Waals surface area contributed by atoms with E-state index < -0.39 is 0 Å². The van der Waals surface area contributed by atoms with Crippen molar-refractivity contribution in [1.82, 2.24) is 10.2 Å². The Morgan fingerprint density at radius 2 is 2.08 bits per heavy atom. The van der Waals surface area contributed by atoms with Gasteiger partial charge in [-0.1, -0.05) is 0 Å². The quantitative estimate of drug-likeness (QED) is 0.697. The molecule has 4 heteroatoms. The summed E-state index contributed by atoms with van der Waals surface area (Å²) in [6, 6.07) is 2.52. The number of hydrogen-bond donors (Lipinski definition) is 1. The fourth-order valence-corrected chi connectivity index (χ4v) is 1.20. The van der Waals surface area contributed by atoms with Crippen LogP contribution in [0.2, 0.25) is 0 Å². The highest BCUT2D eigenvalue weighted by Crippen LogP contribution is 1.96. The van der Waals surface area contributed by atoms with Crippen LogP contribution in [0, 0.1) is 17.2 Å². The van der Waals surface area contributed by atoms with Crippen molar-refractivity contribution in [3.05, 3.63) is 0 Å². The molecule has 0 aliphatic heterocycles. The van der Waals surface area contributed by atoms with Gasteiger partial charge in [-0.15, -0.1) is 0 Å². The fraction of sp³-hybridized carbons (Fsp3) is 0.778. The molecule has 0 spiro atoms. The maximum atomic E-state index is 8.61. The van der Waals surface area contributed by atoms with E-state index in [-0.39, 0.29) is 5.92 Å². The Balaban J connectivity index is 3.91. The van der Waals surface area contributed by atoms with Crippen molar-refractivity contribution in [2.24, 2.45) is 5.92 Å². The van der Waals surface area contributed by atoms with Gasteiger partial charge in [0.2, 0.25) is 0 Å². The van der Waals surface area contributed by atoms with Gasteiger partial charge in [-0.25, -0.2) is 0 Å². The largest absolute Gasteiger partial charge is 0.360 e. The van der Waals surface area contributed by atoms with E-state index in [1.54, 1.807) is 0 Å². The lowest BCUT2D eigenvalue weighted by atomic mass is 10.2. The zero-order valence-corrected chi connectivity index (χ0v) is 9.48. The lowest BCUT2D eigenvalue weighted by Gasteiger charge is -2.23. The first-order valence-electron chi connectivity index (χ1n) is 4.38. The van der Waals surface area contributed by atoms with Gasteiger partial charge in [0, 0.05) is 19.6 Å². The van der Waals surface area contributed by atoms with E-state index in [4.69, 9.17) is 17.5 Å². The van der Waals surface area contributed by atoms with Gasteiger partial charge in [0.1, 0.15) is 0 Å². The first-order chi connectivity index (χ1) is 5.97. The number of nitriles is 1. The summed E-state index contributed by atoms with van der Waals surface area (Å²) in [5.74, 6) is 0.0110. The van der Waals surface area contributed by atoms with E-state index in [1.807, 2.05) is 32.7 Å². The van der Waals surface area contributed by atoms with Gasteiger partial charge < -0.3 is 10.2 Å². The van der Waals surface area contributed by atoms with Crippen molar-refractivity contribution >= 4 is 17.3 Å². The second kappa shape index (κ2) is 5.76. The lowest BCUT2D eigenvalue weighted by Crippen LogP contribution is -2.42. The minimum Gasteiger partial charge on any atom is -0.360 e. The summed E-state index contributed by atoms with van der Waals surface area (Å²) in [4.78, 5) is 1.89. The average molecular weight is 199 g/mol. The molecule has 0 heterocycles. The van der Waals surface area contributed by atoms with Crippen LogP contribution in [0.5, 0.6) is 0 Å². The van der Waals surface area contributed by atoms with Crippen LogP contribution in [0.25, 0.3) is 0 Å². The third-order valence-electron chi connectivity index (χ3n) is 1.53. The van der Waals surface area contributed by atoms with Crippen molar-refractivity contribution in [3.8, 4) is 6.07 Å². The van der Waals surface area contributed by atoms with Crippen LogP contribution in [-0.4, -0.2) is 29.6 Å². The Hall–Kier alpha value is -0.820. The highest BCUT2D eigenvalue weighted by Gasteiger charge is 2.08. The second-order valence-corrected chi connectivity index (χ2v) is 3.90. The molecule has 1 unspecified atom stereocenters. The Bertz CT molecular complexity index is 207. The monoisotopic (exact) mass is 199 g/mol. The van der Waals surface area contributed by atoms with Crippen molar-refractivity contribution in [1.29, 1.82) is 5.26 Å². The topological polar surface area (TPSA) is 39.1 Å². The average Bonchev–Trinajstić information content (AvgIpc) is 2.02. The number of rotatable bonds is 3. The normalized spacial score (nSPS) is 12.0. The molecule has 1 N–H and O–H groups in total. The molecule has 0 saturated carbocycles. The molecule has 0 aromatic heterocycles. The van der Waals surface area contributed by atoms with Crippen LogP contribution < -0.4 is 5.32 Å². The van der Waals surface area contributed by atoms with E-state index >= 15 is 0 Å². The fourth-order valence-electron chi connectivity index (χ4n) is 0.892. The molecule has 0 rings (SSSR count). The molecule has 0 bridgehead atoms. The number of thiocarbonyl (C=S) groups is 1. The van der Waals surface area contributed by atoms with Crippen LogP contribution in [0.1, 0.15) is 20.8 Å². The molecule has 0 aliphatic carbocycles. The van der Waals surface area contributed by atoms with Crippen molar-refractivity contribution in [2.75, 3.05) is 13.6 Å². The van der Waals surface area contributed by atoms with E-state index in [0.717, 1.165) is 0 Å². The zero-order chi connectivity index (χ0) is 10.4. The summed E-state index contributed by atoms with van der Waals surface area (Å²) >= 11 is 5.12. The Kier molecular flexibility index (Phi) is 5.40. The van der Waals surface area contributed by atoms with Gasteiger partial charge in [-0.05, 0) is 33.0 Å². The van der Waals surface area contributed by atoms with E-state index in [1.165, 1.54) is 0 Å². The highest BCUT2D eigenvalue weighted by atomic mass is 32.1. The molecule has 0 aliphatic rings. The molecule has 0 saturated heterocycles. The molecule has 0 radical (unpaired) electrons. The molecule has 0 aromatic rings. The first-order valence-corrected chi connectivity index (χ1v) is 4.79. The van der Waals surface area contributed by atoms with Crippen LogP contribution >= 0.6 is 12.2 Å². The van der Waals surface area contributed by atoms with Crippen LogP contribution in [0.3, 0.4) is 0 Å². The lowest BCUT2D eigenvalue weighted by molar-refractivity contribution is 0.441. The molecule has 0 fully saturated rings. The van der Waals surface area contributed by atoms with Crippen molar-refractivity contribution in [3.63, 3.8) is 0 Å². The summed E-state index contributed by atoms with van der Waals surface area (Å²) in [7, 11) is 1.89. The zero-order valence-electron chi connectivity index (χ0n) is 8.66. The first kappa shape index (κ1) is 12.2. The van der Waals surface area contributed by atoms with Gasteiger partial charge in [0.25, 0.3) is 0 Å². The maximum Gasteiger partial charge on any atom is 0.168 e. The van der Waals surface area contributed by atoms with Gasteiger partial charge in [-0.3, -0.25) is 0 Å². The molecular formula is C9H17N3S.